The van der Waals surface area contributed by atoms with Crippen LogP contribution in [0.3, 0.4) is 0 Å². The largest absolute Gasteiger partial charge is 0.465 e. The molecule has 2 N–H and O–H groups in total. The van der Waals surface area contributed by atoms with Gasteiger partial charge >= 0.3 is 6.09 Å². The normalized spacial score (nSPS) is 17.0. The van der Waals surface area contributed by atoms with Gasteiger partial charge in [0, 0.05) is 14.8 Å². The van der Waals surface area contributed by atoms with E-state index in [-0.39, 0.29) is 11.8 Å². The van der Waals surface area contributed by atoms with Gasteiger partial charge in [-0.25, -0.2) is 4.79 Å². The van der Waals surface area contributed by atoms with Crippen LogP contribution in [0.15, 0.2) is 24.3 Å². The Bertz CT molecular complexity index is 604. The molecule has 0 heterocycles. The number of carbonyl (C=O) groups excluding carboxylic acids is 1. The van der Waals surface area contributed by atoms with Crippen molar-refractivity contribution >= 4 is 40.3 Å². The zero-order valence-electron chi connectivity index (χ0n) is 15.1. The summed E-state index contributed by atoms with van der Waals surface area (Å²) in [5, 5.41) is 12.7. The Balaban J connectivity index is 2.30. The first-order valence-corrected chi connectivity index (χ1v) is 9.86. The number of benzene rings is 1. The summed E-state index contributed by atoms with van der Waals surface area (Å²) in [7, 11) is 0. The molecule has 2 amide bonds. The highest BCUT2D eigenvalue weighted by atomic mass is 127. The first-order valence-electron chi connectivity index (χ1n) is 8.79. The smallest absolute Gasteiger partial charge is 0.408 e. The standard InChI is InChI=1S/C19H27IN2O3/c1-19(2,3)22(18(24)25)16(13-7-5-4-6-8-13)17(23)21-15-11-9-14(20)10-12-15/h9-13,16H,4-8H2,1-3H3,(H,21,23)(H,24,25)/t16-/m0/s1. The molecule has 25 heavy (non-hydrogen) atoms. The van der Waals surface area contributed by atoms with Gasteiger partial charge in [-0.2, -0.15) is 0 Å². The molecular formula is C19H27IN2O3. The molecule has 1 aliphatic rings. The van der Waals surface area contributed by atoms with Gasteiger partial charge < -0.3 is 10.4 Å². The summed E-state index contributed by atoms with van der Waals surface area (Å²) in [4.78, 5) is 26.4. The van der Waals surface area contributed by atoms with Crippen molar-refractivity contribution in [1.82, 2.24) is 4.90 Å². The fraction of sp³-hybridized carbons (Fsp3) is 0.579. The second kappa shape index (κ2) is 8.38. The Labute approximate surface area is 163 Å². The number of hydrogen-bond donors (Lipinski definition) is 2. The third-order valence-corrected chi connectivity index (χ3v) is 5.40. The number of carbonyl (C=O) groups is 2. The van der Waals surface area contributed by atoms with Crippen LogP contribution in [0.4, 0.5) is 10.5 Å². The molecule has 6 heteroatoms. The van der Waals surface area contributed by atoms with Crippen LogP contribution in [0.5, 0.6) is 0 Å². The predicted molar refractivity (Wildman–Crippen MR) is 108 cm³/mol. The maximum atomic E-state index is 13.1. The van der Waals surface area contributed by atoms with E-state index < -0.39 is 17.7 Å². The van der Waals surface area contributed by atoms with Crippen LogP contribution in [0.1, 0.15) is 52.9 Å². The average molecular weight is 458 g/mol. The van der Waals surface area contributed by atoms with Crippen molar-refractivity contribution in [3.63, 3.8) is 0 Å². The zero-order valence-corrected chi connectivity index (χ0v) is 17.2. The van der Waals surface area contributed by atoms with Gasteiger partial charge in [-0.1, -0.05) is 19.3 Å². The number of nitrogens with zero attached hydrogens (tertiary/aromatic N) is 1. The molecule has 1 aromatic carbocycles. The van der Waals surface area contributed by atoms with Gasteiger partial charge in [0.2, 0.25) is 5.91 Å². The van der Waals surface area contributed by atoms with Crippen LogP contribution < -0.4 is 5.32 Å². The summed E-state index contributed by atoms with van der Waals surface area (Å²) in [6, 6.07) is 6.87. The lowest BCUT2D eigenvalue weighted by Crippen LogP contribution is -2.58. The van der Waals surface area contributed by atoms with Gasteiger partial charge in [0.25, 0.3) is 0 Å². The van der Waals surface area contributed by atoms with Crippen LogP contribution in [0.25, 0.3) is 0 Å². The number of halogens is 1. The summed E-state index contributed by atoms with van der Waals surface area (Å²) in [5.74, 6) is -0.168. The van der Waals surface area contributed by atoms with Crippen LogP contribution in [0.2, 0.25) is 0 Å². The molecule has 0 unspecified atom stereocenters. The zero-order chi connectivity index (χ0) is 18.6. The Morgan fingerprint density at radius 3 is 2.20 bits per heavy atom. The monoisotopic (exact) mass is 458 g/mol. The molecule has 0 spiro atoms. The van der Waals surface area contributed by atoms with E-state index in [4.69, 9.17) is 0 Å². The Morgan fingerprint density at radius 2 is 1.72 bits per heavy atom. The number of anilines is 1. The predicted octanol–water partition coefficient (Wildman–Crippen LogP) is 4.96. The van der Waals surface area contributed by atoms with Crippen molar-refractivity contribution in [2.75, 3.05) is 5.32 Å². The Morgan fingerprint density at radius 1 is 1.16 bits per heavy atom. The molecule has 1 saturated carbocycles. The quantitative estimate of drug-likeness (QED) is 0.627. The lowest BCUT2D eigenvalue weighted by Gasteiger charge is -2.43. The summed E-state index contributed by atoms with van der Waals surface area (Å²) >= 11 is 2.21. The third-order valence-electron chi connectivity index (χ3n) is 4.68. The molecule has 0 saturated heterocycles. The molecule has 0 bridgehead atoms. The summed E-state index contributed by atoms with van der Waals surface area (Å²) in [6.45, 7) is 5.53. The van der Waals surface area contributed by atoms with Gasteiger partial charge in [-0.3, -0.25) is 9.69 Å². The van der Waals surface area contributed by atoms with Gasteiger partial charge in [0.1, 0.15) is 6.04 Å². The van der Waals surface area contributed by atoms with E-state index >= 15 is 0 Å². The molecule has 5 nitrogen and oxygen atoms in total. The molecule has 0 aromatic heterocycles. The van der Waals surface area contributed by atoms with Crippen LogP contribution in [-0.2, 0) is 4.79 Å². The van der Waals surface area contributed by atoms with Crippen LogP contribution >= 0.6 is 22.6 Å². The summed E-state index contributed by atoms with van der Waals surface area (Å²) in [6.07, 6.45) is 4.01. The fourth-order valence-corrected chi connectivity index (χ4v) is 3.92. The molecule has 1 aliphatic carbocycles. The van der Waals surface area contributed by atoms with E-state index in [0.29, 0.717) is 5.69 Å². The van der Waals surface area contributed by atoms with E-state index in [2.05, 4.69) is 27.9 Å². The van der Waals surface area contributed by atoms with Gasteiger partial charge in [0.05, 0.1) is 0 Å². The van der Waals surface area contributed by atoms with Crippen LogP contribution in [0, 0.1) is 9.49 Å². The van der Waals surface area contributed by atoms with Crippen molar-refractivity contribution in [3.8, 4) is 0 Å². The summed E-state index contributed by atoms with van der Waals surface area (Å²) < 4.78 is 1.08. The van der Waals surface area contributed by atoms with Gasteiger partial charge in [-0.05, 0) is 86.4 Å². The first-order chi connectivity index (χ1) is 11.7. The topological polar surface area (TPSA) is 69.6 Å². The van der Waals surface area contributed by atoms with E-state index in [1.807, 2.05) is 45.0 Å². The van der Waals surface area contributed by atoms with Crippen molar-refractivity contribution in [3.05, 3.63) is 27.8 Å². The van der Waals surface area contributed by atoms with Crippen molar-refractivity contribution < 1.29 is 14.7 Å². The molecule has 138 valence electrons. The number of rotatable bonds is 4. The number of amides is 2. The molecule has 1 aromatic rings. The van der Waals surface area contributed by atoms with Crippen LogP contribution in [-0.4, -0.2) is 33.6 Å². The minimum atomic E-state index is -1.04. The van der Waals surface area contributed by atoms with Crippen molar-refractivity contribution in [1.29, 1.82) is 0 Å². The highest BCUT2D eigenvalue weighted by molar-refractivity contribution is 14.1. The lowest BCUT2D eigenvalue weighted by atomic mass is 9.81. The molecule has 2 rings (SSSR count). The van der Waals surface area contributed by atoms with E-state index in [9.17, 15) is 14.7 Å². The molecule has 0 radical (unpaired) electrons. The Kier molecular flexibility index (Phi) is 6.71. The van der Waals surface area contributed by atoms with E-state index in [1.165, 1.54) is 4.90 Å². The third kappa shape index (κ3) is 5.33. The second-order valence-electron chi connectivity index (χ2n) is 7.66. The SMILES string of the molecule is CC(C)(C)N(C(=O)O)[C@H](C(=O)Nc1ccc(I)cc1)C1CCCCC1. The van der Waals surface area contributed by atoms with Gasteiger partial charge in [-0.15, -0.1) is 0 Å². The highest BCUT2D eigenvalue weighted by Gasteiger charge is 2.42. The molecular weight excluding hydrogens is 431 g/mol. The maximum absolute atomic E-state index is 13.1. The maximum Gasteiger partial charge on any atom is 0.408 e. The molecule has 1 atom stereocenters. The van der Waals surface area contributed by atoms with E-state index in [0.717, 1.165) is 35.7 Å². The van der Waals surface area contributed by atoms with Crippen molar-refractivity contribution in [2.45, 2.75) is 64.5 Å². The molecule has 1 fully saturated rings. The fourth-order valence-electron chi connectivity index (χ4n) is 3.56. The minimum Gasteiger partial charge on any atom is -0.465 e. The van der Waals surface area contributed by atoms with Crippen molar-refractivity contribution in [2.24, 2.45) is 5.92 Å². The average Bonchev–Trinajstić information content (AvgIpc) is 2.53. The minimum absolute atomic E-state index is 0.0629. The number of nitrogens with one attached hydrogen (secondary N) is 1. The summed E-state index contributed by atoms with van der Waals surface area (Å²) in [5.41, 5.74) is 0.0580. The highest BCUT2D eigenvalue weighted by Crippen LogP contribution is 2.33. The number of carboxylic acid groups (broad SMARTS) is 1. The number of hydrogen-bond acceptors (Lipinski definition) is 2. The van der Waals surface area contributed by atoms with Gasteiger partial charge in [0.15, 0.2) is 0 Å². The van der Waals surface area contributed by atoms with E-state index in [1.54, 1.807) is 0 Å². The Hall–Kier alpha value is -1.31. The lowest BCUT2D eigenvalue weighted by molar-refractivity contribution is -0.125. The first kappa shape index (κ1) is 20.0. The molecule has 0 aliphatic heterocycles. The second-order valence-corrected chi connectivity index (χ2v) is 8.91.